The molecule has 1 saturated heterocycles. The molecule has 0 aromatic heterocycles. The van der Waals surface area contributed by atoms with Gasteiger partial charge in [0.25, 0.3) is 10.0 Å². The number of amides is 1. The average molecular weight is 498 g/mol. The number of hydrogen-bond acceptors (Lipinski definition) is 5. The molecule has 1 aliphatic heterocycles. The van der Waals surface area contributed by atoms with Crippen molar-refractivity contribution in [3.63, 3.8) is 0 Å². The smallest absolute Gasteiger partial charge is 0.263 e. The van der Waals surface area contributed by atoms with Crippen LogP contribution >= 0.6 is 12.2 Å². The standard InChI is InChI=1S/C24H27N5O3S2/c1-16(21-11-6-17-4-2-3-5-22(17)21)23(30)27-18-12-13-29(14-18)19-7-9-20(10-8-19)34(31,32)28-24(33)26-15-25/h2-11,15-16,18,21H,12-14H2,1H3,(H,27,30)(H3,25,26,28,33)/t16-,18-,21?/m0/s1. The van der Waals surface area contributed by atoms with E-state index in [0.717, 1.165) is 25.0 Å². The Kier molecular flexibility index (Phi) is 6.99. The second-order valence-corrected chi connectivity index (χ2v) is 10.5. The summed E-state index contributed by atoms with van der Waals surface area (Å²) in [7, 11) is -3.83. The Morgan fingerprint density at radius 2 is 1.97 bits per heavy atom. The van der Waals surface area contributed by atoms with E-state index in [2.05, 4.69) is 44.2 Å². The summed E-state index contributed by atoms with van der Waals surface area (Å²) in [6, 6.07) is 14.7. The van der Waals surface area contributed by atoms with Gasteiger partial charge in [0.2, 0.25) is 11.0 Å². The molecule has 2 aromatic carbocycles. The van der Waals surface area contributed by atoms with Crippen molar-refractivity contribution >= 4 is 51.4 Å². The molecule has 2 aromatic rings. The van der Waals surface area contributed by atoms with Gasteiger partial charge < -0.3 is 16.0 Å². The lowest BCUT2D eigenvalue weighted by Gasteiger charge is -2.23. The van der Waals surface area contributed by atoms with Crippen LogP contribution in [-0.2, 0) is 14.8 Å². The summed E-state index contributed by atoms with van der Waals surface area (Å²) >= 11 is 4.82. The minimum absolute atomic E-state index is 0.0344. The molecule has 4 N–H and O–H groups in total. The first-order valence-electron chi connectivity index (χ1n) is 11.0. The van der Waals surface area contributed by atoms with Crippen molar-refractivity contribution in [1.82, 2.24) is 10.0 Å². The van der Waals surface area contributed by atoms with Crippen LogP contribution < -0.4 is 20.7 Å². The fourth-order valence-corrected chi connectivity index (χ4v) is 5.71. The number of benzene rings is 2. The van der Waals surface area contributed by atoms with Crippen molar-refractivity contribution in [2.24, 2.45) is 16.6 Å². The Hall–Kier alpha value is -3.24. The van der Waals surface area contributed by atoms with Gasteiger partial charge in [-0.2, -0.15) is 0 Å². The number of aliphatic imine (C=N–C) groups is 1. The number of fused-ring (bicyclic) bond motifs is 1. The zero-order valence-corrected chi connectivity index (χ0v) is 20.4. The van der Waals surface area contributed by atoms with Gasteiger partial charge in [0.15, 0.2) is 0 Å². The van der Waals surface area contributed by atoms with E-state index >= 15 is 0 Å². The molecule has 0 spiro atoms. The first-order chi connectivity index (χ1) is 16.3. The average Bonchev–Trinajstić information content (AvgIpc) is 3.46. The first-order valence-corrected chi connectivity index (χ1v) is 12.9. The highest BCUT2D eigenvalue weighted by atomic mass is 32.2. The van der Waals surface area contributed by atoms with Gasteiger partial charge in [-0.3, -0.25) is 9.52 Å². The molecule has 3 atom stereocenters. The number of thiocarbonyl (C=S) groups is 1. The van der Waals surface area contributed by atoms with Crippen molar-refractivity contribution in [3.8, 4) is 0 Å². The molecule has 0 radical (unpaired) electrons. The van der Waals surface area contributed by atoms with Crippen LogP contribution in [0.5, 0.6) is 0 Å². The minimum Gasteiger partial charge on any atom is -0.390 e. The second-order valence-electron chi connectivity index (χ2n) is 8.43. The molecular formula is C24H27N5O3S2. The van der Waals surface area contributed by atoms with Crippen molar-refractivity contribution in [1.29, 1.82) is 0 Å². The Morgan fingerprint density at radius 1 is 1.24 bits per heavy atom. The van der Waals surface area contributed by atoms with E-state index in [1.54, 1.807) is 12.1 Å². The summed E-state index contributed by atoms with van der Waals surface area (Å²) in [6.07, 6.45) is 5.94. The number of allylic oxidation sites excluding steroid dienone is 1. The largest absolute Gasteiger partial charge is 0.390 e. The third-order valence-corrected chi connectivity index (χ3v) is 7.94. The van der Waals surface area contributed by atoms with Crippen LogP contribution in [-0.4, -0.2) is 44.9 Å². The van der Waals surface area contributed by atoms with Crippen molar-refractivity contribution in [2.75, 3.05) is 18.0 Å². The molecule has 34 heavy (non-hydrogen) atoms. The van der Waals surface area contributed by atoms with Crippen molar-refractivity contribution in [3.05, 3.63) is 65.7 Å². The van der Waals surface area contributed by atoms with Gasteiger partial charge in [-0.05, 0) is 54.0 Å². The van der Waals surface area contributed by atoms with E-state index < -0.39 is 10.0 Å². The minimum atomic E-state index is -3.83. The fourth-order valence-electron chi connectivity index (χ4n) is 4.43. The highest BCUT2D eigenvalue weighted by Crippen LogP contribution is 2.35. The van der Waals surface area contributed by atoms with E-state index in [1.807, 2.05) is 19.1 Å². The lowest BCUT2D eigenvalue weighted by molar-refractivity contribution is -0.125. The van der Waals surface area contributed by atoms with Gasteiger partial charge in [-0.15, -0.1) is 0 Å². The SMILES string of the molecule is C[C@H](C(=O)N[C@H]1CCN(c2ccc(S(=O)(=O)NC(=S)/N=C\N)cc2)C1)C1C=Cc2ccccc21. The van der Waals surface area contributed by atoms with Gasteiger partial charge in [-0.25, -0.2) is 13.4 Å². The predicted octanol–water partition coefficient (Wildman–Crippen LogP) is 2.38. The van der Waals surface area contributed by atoms with E-state index in [1.165, 1.54) is 23.3 Å². The molecule has 1 heterocycles. The van der Waals surface area contributed by atoms with E-state index in [9.17, 15) is 13.2 Å². The third-order valence-electron chi connectivity index (χ3n) is 6.25. The van der Waals surface area contributed by atoms with Crippen LogP contribution in [0.15, 0.2) is 64.5 Å². The highest BCUT2D eigenvalue weighted by molar-refractivity contribution is 7.91. The maximum Gasteiger partial charge on any atom is 0.263 e. The topological polar surface area (TPSA) is 117 Å². The second kappa shape index (κ2) is 9.94. The molecule has 1 amide bonds. The maximum absolute atomic E-state index is 13.0. The van der Waals surface area contributed by atoms with Crippen LogP contribution in [0.1, 0.15) is 30.4 Å². The summed E-state index contributed by atoms with van der Waals surface area (Å²) in [5, 5.41) is 2.97. The molecule has 10 heteroatoms. The van der Waals surface area contributed by atoms with Crippen LogP contribution in [0.4, 0.5) is 5.69 Å². The van der Waals surface area contributed by atoms with E-state index in [0.29, 0.717) is 6.54 Å². The third kappa shape index (κ3) is 5.13. The molecule has 1 fully saturated rings. The Bertz CT molecular complexity index is 1240. The number of carbonyl (C=O) groups excluding carboxylic acids is 1. The summed E-state index contributed by atoms with van der Waals surface area (Å²) in [5.41, 5.74) is 8.39. The number of sulfonamides is 1. The zero-order chi connectivity index (χ0) is 24.3. The normalized spacial score (nSPS) is 20.3. The van der Waals surface area contributed by atoms with Gasteiger partial charge in [0.05, 0.1) is 11.2 Å². The van der Waals surface area contributed by atoms with Gasteiger partial charge >= 0.3 is 0 Å². The van der Waals surface area contributed by atoms with E-state index in [4.69, 9.17) is 18.0 Å². The molecule has 1 aliphatic carbocycles. The predicted molar refractivity (Wildman–Crippen MR) is 138 cm³/mol. The molecule has 2 aliphatic rings. The lowest BCUT2D eigenvalue weighted by Crippen LogP contribution is -2.41. The fraction of sp³-hybridized carbons (Fsp3) is 0.292. The number of nitrogens with two attached hydrogens (primary N) is 1. The molecule has 178 valence electrons. The molecule has 0 bridgehead atoms. The molecule has 0 saturated carbocycles. The molecule has 1 unspecified atom stereocenters. The summed E-state index contributed by atoms with van der Waals surface area (Å²) < 4.78 is 27.0. The van der Waals surface area contributed by atoms with E-state index in [-0.39, 0.29) is 33.8 Å². The van der Waals surface area contributed by atoms with Gasteiger partial charge in [0, 0.05) is 36.7 Å². The number of rotatable bonds is 6. The van der Waals surface area contributed by atoms with Gasteiger partial charge in [0.1, 0.15) is 0 Å². The van der Waals surface area contributed by atoms with Crippen molar-refractivity contribution < 1.29 is 13.2 Å². The lowest BCUT2D eigenvalue weighted by atomic mass is 9.88. The Morgan fingerprint density at radius 3 is 2.71 bits per heavy atom. The molecule has 8 nitrogen and oxygen atoms in total. The summed E-state index contributed by atoms with van der Waals surface area (Å²) in [5.74, 6) is -0.0392. The number of carbonyl (C=O) groups is 1. The van der Waals surface area contributed by atoms with Gasteiger partial charge in [-0.1, -0.05) is 43.3 Å². The number of nitrogens with one attached hydrogen (secondary N) is 2. The summed E-state index contributed by atoms with van der Waals surface area (Å²) in [6.45, 7) is 3.40. The number of hydrogen-bond donors (Lipinski definition) is 3. The summed E-state index contributed by atoms with van der Waals surface area (Å²) in [4.78, 5) is 18.7. The first kappa shape index (κ1) is 23.9. The zero-order valence-electron chi connectivity index (χ0n) is 18.7. The number of nitrogens with zero attached hydrogens (tertiary/aromatic N) is 2. The maximum atomic E-state index is 13.0. The highest BCUT2D eigenvalue weighted by Gasteiger charge is 2.31. The molecular weight excluding hydrogens is 470 g/mol. The monoisotopic (exact) mass is 497 g/mol. The number of anilines is 1. The van der Waals surface area contributed by atoms with Crippen molar-refractivity contribution in [2.45, 2.75) is 30.2 Å². The van der Waals surface area contributed by atoms with Crippen LogP contribution in [0, 0.1) is 5.92 Å². The quantitative estimate of drug-likeness (QED) is 0.321. The van der Waals surface area contributed by atoms with Crippen LogP contribution in [0.2, 0.25) is 0 Å². The van der Waals surface area contributed by atoms with Crippen LogP contribution in [0.3, 0.4) is 0 Å². The van der Waals surface area contributed by atoms with Crippen LogP contribution in [0.25, 0.3) is 6.08 Å². The Balaban J connectivity index is 1.34. The Labute approximate surface area is 205 Å². The molecule has 4 rings (SSSR count).